The first kappa shape index (κ1) is 26.6. The third-order valence-corrected chi connectivity index (χ3v) is 4.93. The van der Waals surface area contributed by atoms with Gasteiger partial charge in [0.25, 0.3) is 11.8 Å². The summed E-state index contributed by atoms with van der Waals surface area (Å²) in [6, 6.07) is 11.6. The van der Waals surface area contributed by atoms with E-state index in [0.29, 0.717) is 29.9 Å². The van der Waals surface area contributed by atoms with Gasteiger partial charge in [-0.15, -0.1) is 0 Å². The van der Waals surface area contributed by atoms with E-state index in [-0.39, 0.29) is 18.4 Å². The summed E-state index contributed by atoms with van der Waals surface area (Å²) in [5.41, 5.74) is 5.48. The van der Waals surface area contributed by atoms with Gasteiger partial charge >= 0.3 is 5.97 Å². The molecule has 2 amide bonds. The molecule has 0 fully saturated rings. The van der Waals surface area contributed by atoms with E-state index in [9.17, 15) is 14.4 Å². The van der Waals surface area contributed by atoms with E-state index in [1.54, 1.807) is 31.2 Å². The lowest BCUT2D eigenvalue weighted by Gasteiger charge is -2.19. The van der Waals surface area contributed by atoms with E-state index in [0.717, 1.165) is 11.1 Å². The summed E-state index contributed by atoms with van der Waals surface area (Å²) in [6.07, 6.45) is 1.91. The largest absolute Gasteiger partial charge is 0.483 e. The zero-order valence-electron chi connectivity index (χ0n) is 20.4. The summed E-state index contributed by atoms with van der Waals surface area (Å²) in [4.78, 5) is 36.8. The van der Waals surface area contributed by atoms with Gasteiger partial charge in [-0.2, -0.15) is 5.10 Å². The first-order chi connectivity index (χ1) is 16.2. The Morgan fingerprint density at radius 2 is 1.68 bits per heavy atom. The molecule has 34 heavy (non-hydrogen) atoms. The van der Waals surface area contributed by atoms with Crippen molar-refractivity contribution < 1.29 is 23.9 Å². The van der Waals surface area contributed by atoms with Crippen molar-refractivity contribution in [2.24, 2.45) is 11.0 Å². The Bertz CT molecular complexity index is 995. The molecule has 8 nitrogen and oxygen atoms in total. The lowest BCUT2D eigenvalue weighted by atomic mass is 10.0. The van der Waals surface area contributed by atoms with Gasteiger partial charge in [-0.05, 0) is 61.9 Å². The maximum Gasteiger partial charge on any atom is 0.338 e. The summed E-state index contributed by atoms with van der Waals surface area (Å²) >= 11 is 0. The van der Waals surface area contributed by atoms with Crippen LogP contribution in [-0.4, -0.2) is 43.3 Å². The molecule has 2 rings (SSSR count). The Morgan fingerprint density at radius 3 is 2.26 bits per heavy atom. The van der Waals surface area contributed by atoms with Gasteiger partial charge in [0.2, 0.25) is 0 Å². The van der Waals surface area contributed by atoms with E-state index < -0.39 is 17.9 Å². The molecule has 0 saturated carbocycles. The highest BCUT2D eigenvalue weighted by molar-refractivity contribution is 5.91. The van der Waals surface area contributed by atoms with Gasteiger partial charge in [0.1, 0.15) is 11.8 Å². The average molecular weight is 468 g/mol. The first-order valence-electron chi connectivity index (χ1n) is 11.3. The fourth-order valence-corrected chi connectivity index (χ4v) is 3.27. The Hall–Kier alpha value is -3.68. The maximum absolute atomic E-state index is 12.7. The standard InChI is InChI=1S/C26H33N3O5/c1-6-33-26(32)21-12-10-20(11-13-21)15-27-29-25(31)22(14-17(2)3)28-23(30)16-34-24-18(4)8-7-9-19(24)5/h7-13,15,17,22H,6,14,16H2,1-5H3,(H,28,30)(H,29,31)/b27-15-/t22-/m1/s1. The fraction of sp³-hybridized carbons (Fsp3) is 0.385. The van der Waals surface area contributed by atoms with Crippen molar-refractivity contribution in [1.82, 2.24) is 10.7 Å². The molecule has 8 heteroatoms. The molecule has 0 radical (unpaired) electrons. The minimum atomic E-state index is -0.752. The molecule has 0 spiro atoms. The summed E-state index contributed by atoms with van der Waals surface area (Å²) < 4.78 is 10.6. The van der Waals surface area contributed by atoms with Crippen molar-refractivity contribution in [3.63, 3.8) is 0 Å². The van der Waals surface area contributed by atoms with Gasteiger partial charge < -0.3 is 14.8 Å². The number of nitrogens with zero attached hydrogens (tertiary/aromatic N) is 1. The number of amides is 2. The van der Waals surface area contributed by atoms with Crippen LogP contribution in [-0.2, 0) is 14.3 Å². The molecule has 1 atom stereocenters. The third-order valence-electron chi connectivity index (χ3n) is 4.93. The number of ether oxygens (including phenoxy) is 2. The third kappa shape index (κ3) is 8.35. The number of nitrogens with one attached hydrogen (secondary N) is 2. The van der Waals surface area contributed by atoms with Gasteiger partial charge in [-0.25, -0.2) is 10.2 Å². The van der Waals surface area contributed by atoms with Gasteiger partial charge in [0.05, 0.1) is 18.4 Å². The molecule has 0 aromatic heterocycles. The Balaban J connectivity index is 1.94. The van der Waals surface area contributed by atoms with Crippen LogP contribution in [0.15, 0.2) is 47.6 Å². The van der Waals surface area contributed by atoms with Gasteiger partial charge in [-0.3, -0.25) is 9.59 Å². The van der Waals surface area contributed by atoms with Crippen LogP contribution < -0.4 is 15.5 Å². The van der Waals surface area contributed by atoms with Crippen LogP contribution in [0, 0.1) is 19.8 Å². The Morgan fingerprint density at radius 1 is 1.03 bits per heavy atom. The zero-order chi connectivity index (χ0) is 25.1. The maximum atomic E-state index is 12.7. The van der Waals surface area contributed by atoms with Crippen LogP contribution in [0.5, 0.6) is 5.75 Å². The molecule has 0 aliphatic heterocycles. The number of aryl methyl sites for hydroxylation is 2. The van der Waals surface area contributed by atoms with Crippen LogP contribution in [0.4, 0.5) is 0 Å². The summed E-state index contributed by atoms with van der Waals surface area (Å²) in [6.45, 7) is 9.62. The van der Waals surface area contributed by atoms with Crippen molar-refractivity contribution in [1.29, 1.82) is 0 Å². The minimum Gasteiger partial charge on any atom is -0.483 e. The summed E-state index contributed by atoms with van der Waals surface area (Å²) in [7, 11) is 0. The second kappa shape index (κ2) is 13.1. The normalized spacial score (nSPS) is 11.8. The quantitative estimate of drug-likeness (QED) is 0.299. The lowest BCUT2D eigenvalue weighted by molar-refractivity contribution is -0.130. The molecular weight excluding hydrogens is 434 g/mol. The number of rotatable bonds is 11. The zero-order valence-corrected chi connectivity index (χ0v) is 20.4. The molecule has 0 unspecified atom stereocenters. The number of hydrogen-bond acceptors (Lipinski definition) is 6. The SMILES string of the molecule is CCOC(=O)c1ccc(/C=N\NC(=O)[C@@H](CC(C)C)NC(=O)COc2c(C)cccc2C)cc1. The molecule has 0 aliphatic carbocycles. The predicted molar refractivity (Wildman–Crippen MR) is 131 cm³/mol. The van der Waals surface area contributed by atoms with Gasteiger partial charge in [-0.1, -0.05) is 44.2 Å². The van der Waals surface area contributed by atoms with Crippen LogP contribution >= 0.6 is 0 Å². The van der Waals surface area contributed by atoms with Crippen molar-refractivity contribution in [2.75, 3.05) is 13.2 Å². The molecule has 2 N–H and O–H groups in total. The Labute approximate surface area is 200 Å². The molecular formula is C26H33N3O5. The van der Waals surface area contributed by atoms with E-state index in [2.05, 4.69) is 15.8 Å². The van der Waals surface area contributed by atoms with Crippen molar-refractivity contribution in [2.45, 2.75) is 47.1 Å². The number of hydrazone groups is 1. The van der Waals surface area contributed by atoms with Gasteiger partial charge in [0, 0.05) is 0 Å². The first-order valence-corrected chi connectivity index (χ1v) is 11.3. The van der Waals surface area contributed by atoms with Crippen molar-refractivity contribution >= 4 is 24.0 Å². The van der Waals surface area contributed by atoms with Crippen LogP contribution in [0.2, 0.25) is 0 Å². The van der Waals surface area contributed by atoms with Gasteiger partial charge in [0.15, 0.2) is 6.61 Å². The number of para-hydroxylation sites is 1. The number of esters is 1. The number of carbonyl (C=O) groups is 3. The number of benzene rings is 2. The van der Waals surface area contributed by atoms with Crippen LogP contribution in [0.3, 0.4) is 0 Å². The average Bonchev–Trinajstić information content (AvgIpc) is 2.78. The molecule has 0 bridgehead atoms. The minimum absolute atomic E-state index is 0.176. The summed E-state index contributed by atoms with van der Waals surface area (Å²) in [5, 5.41) is 6.72. The lowest BCUT2D eigenvalue weighted by Crippen LogP contribution is -2.47. The second-order valence-electron chi connectivity index (χ2n) is 8.34. The molecule has 2 aromatic rings. The number of hydrogen-bond donors (Lipinski definition) is 2. The topological polar surface area (TPSA) is 106 Å². The van der Waals surface area contributed by atoms with Crippen molar-refractivity contribution in [3.8, 4) is 5.75 Å². The molecule has 0 aliphatic rings. The number of carbonyl (C=O) groups excluding carboxylic acids is 3. The molecule has 0 saturated heterocycles. The monoisotopic (exact) mass is 467 g/mol. The molecule has 2 aromatic carbocycles. The van der Waals surface area contributed by atoms with Crippen LogP contribution in [0.1, 0.15) is 54.2 Å². The highest BCUT2D eigenvalue weighted by atomic mass is 16.5. The molecule has 0 heterocycles. The van der Waals surface area contributed by atoms with E-state index in [4.69, 9.17) is 9.47 Å². The van der Waals surface area contributed by atoms with E-state index >= 15 is 0 Å². The van der Waals surface area contributed by atoms with Crippen LogP contribution in [0.25, 0.3) is 0 Å². The highest BCUT2D eigenvalue weighted by Gasteiger charge is 2.22. The highest BCUT2D eigenvalue weighted by Crippen LogP contribution is 2.22. The van der Waals surface area contributed by atoms with E-state index in [1.807, 2.05) is 45.9 Å². The molecule has 182 valence electrons. The van der Waals surface area contributed by atoms with E-state index in [1.165, 1.54) is 6.21 Å². The smallest absolute Gasteiger partial charge is 0.338 e. The fourth-order valence-electron chi connectivity index (χ4n) is 3.27. The predicted octanol–water partition coefficient (Wildman–Crippen LogP) is 3.54. The summed E-state index contributed by atoms with van der Waals surface area (Å²) in [5.74, 6) is -0.361. The second-order valence-corrected chi connectivity index (χ2v) is 8.34. The Kier molecular flexibility index (Phi) is 10.3. The van der Waals surface area contributed by atoms with Crippen molar-refractivity contribution in [3.05, 3.63) is 64.7 Å².